The number of likely N-dealkylation sites (tertiary alicyclic amines) is 1. The number of carboxylic acid groups (broad SMARTS) is 1. The standard InChI is InChI=1S/C24H28N2O4/c1-16(27)13-19-21(22(25-2)24(29)30)20(14-17-9-5-3-6-10-17)26(23(19)28)15-18-11-7-4-8-12-18/h3-12,19-22,25H,13-15H2,1-2H3,(H,29,30)/t19-,20?,21?,22-/m1/s1. The van der Waals surface area contributed by atoms with Crippen LogP contribution in [0.1, 0.15) is 24.5 Å². The Labute approximate surface area is 176 Å². The first-order chi connectivity index (χ1) is 14.4. The zero-order valence-corrected chi connectivity index (χ0v) is 17.3. The molecule has 1 heterocycles. The van der Waals surface area contributed by atoms with E-state index in [4.69, 9.17) is 0 Å². The van der Waals surface area contributed by atoms with Gasteiger partial charge in [-0.2, -0.15) is 0 Å². The number of rotatable bonds is 9. The van der Waals surface area contributed by atoms with Crippen LogP contribution in [-0.2, 0) is 27.3 Å². The summed E-state index contributed by atoms with van der Waals surface area (Å²) < 4.78 is 0. The van der Waals surface area contributed by atoms with Crippen LogP contribution in [0.4, 0.5) is 0 Å². The molecular weight excluding hydrogens is 380 g/mol. The zero-order valence-electron chi connectivity index (χ0n) is 17.3. The Balaban J connectivity index is 2.04. The van der Waals surface area contributed by atoms with E-state index >= 15 is 0 Å². The van der Waals surface area contributed by atoms with Gasteiger partial charge in [0.05, 0.1) is 5.92 Å². The number of carbonyl (C=O) groups is 3. The molecule has 1 saturated heterocycles. The molecule has 30 heavy (non-hydrogen) atoms. The van der Waals surface area contributed by atoms with Gasteiger partial charge in [-0.1, -0.05) is 60.7 Å². The molecule has 0 bridgehead atoms. The molecule has 0 spiro atoms. The van der Waals surface area contributed by atoms with Crippen molar-refractivity contribution in [3.8, 4) is 0 Å². The lowest BCUT2D eigenvalue weighted by Crippen LogP contribution is -2.49. The van der Waals surface area contributed by atoms with E-state index in [2.05, 4.69) is 5.32 Å². The maximum atomic E-state index is 13.5. The molecule has 0 radical (unpaired) electrons. The summed E-state index contributed by atoms with van der Waals surface area (Å²) >= 11 is 0. The quantitative estimate of drug-likeness (QED) is 0.666. The number of carboxylic acids is 1. The summed E-state index contributed by atoms with van der Waals surface area (Å²) in [7, 11) is 1.59. The van der Waals surface area contributed by atoms with Gasteiger partial charge in [-0.05, 0) is 31.5 Å². The molecule has 0 saturated carbocycles. The molecule has 6 nitrogen and oxygen atoms in total. The molecule has 1 aliphatic heterocycles. The Morgan fingerprint density at radius 2 is 1.60 bits per heavy atom. The van der Waals surface area contributed by atoms with Crippen molar-refractivity contribution >= 4 is 17.7 Å². The number of nitrogens with zero attached hydrogens (tertiary/aromatic N) is 1. The average Bonchev–Trinajstić information content (AvgIpc) is 2.95. The molecule has 2 aromatic carbocycles. The number of hydrogen-bond donors (Lipinski definition) is 2. The fourth-order valence-electron chi connectivity index (χ4n) is 4.56. The summed E-state index contributed by atoms with van der Waals surface area (Å²) in [5.74, 6) is -2.45. The van der Waals surface area contributed by atoms with Gasteiger partial charge in [0, 0.05) is 24.9 Å². The Hall–Kier alpha value is -2.99. The molecule has 158 valence electrons. The van der Waals surface area contributed by atoms with Gasteiger partial charge in [0.2, 0.25) is 5.91 Å². The second-order valence-corrected chi connectivity index (χ2v) is 7.90. The van der Waals surface area contributed by atoms with Crippen LogP contribution in [0.5, 0.6) is 0 Å². The van der Waals surface area contributed by atoms with Crippen LogP contribution in [0, 0.1) is 11.8 Å². The fraction of sp³-hybridized carbons (Fsp3) is 0.375. The molecule has 6 heteroatoms. The van der Waals surface area contributed by atoms with E-state index < -0.39 is 23.8 Å². The molecule has 1 fully saturated rings. The molecule has 0 aromatic heterocycles. The molecule has 2 aromatic rings. The first-order valence-electron chi connectivity index (χ1n) is 10.2. The Kier molecular flexibility index (Phi) is 7.00. The maximum absolute atomic E-state index is 13.5. The maximum Gasteiger partial charge on any atom is 0.321 e. The number of benzene rings is 2. The van der Waals surface area contributed by atoms with Crippen molar-refractivity contribution in [3.05, 3.63) is 71.8 Å². The molecule has 1 amide bonds. The van der Waals surface area contributed by atoms with Gasteiger partial charge in [-0.25, -0.2) is 0 Å². The lowest BCUT2D eigenvalue weighted by molar-refractivity contribution is -0.142. The van der Waals surface area contributed by atoms with E-state index in [-0.39, 0.29) is 24.2 Å². The number of nitrogens with one attached hydrogen (secondary N) is 1. The van der Waals surface area contributed by atoms with Gasteiger partial charge < -0.3 is 20.1 Å². The van der Waals surface area contributed by atoms with Gasteiger partial charge in [-0.15, -0.1) is 0 Å². The van der Waals surface area contributed by atoms with Crippen LogP contribution < -0.4 is 5.32 Å². The molecule has 3 rings (SSSR count). The van der Waals surface area contributed by atoms with Crippen molar-refractivity contribution < 1.29 is 19.5 Å². The molecule has 2 unspecified atom stereocenters. The summed E-state index contributed by atoms with van der Waals surface area (Å²) in [6.07, 6.45) is 0.579. The minimum atomic E-state index is -1.01. The number of aliphatic carboxylic acids is 1. The van der Waals surface area contributed by atoms with Crippen LogP contribution in [-0.4, -0.2) is 46.8 Å². The lowest BCUT2D eigenvalue weighted by atomic mass is 9.79. The third-order valence-corrected chi connectivity index (χ3v) is 5.86. The van der Waals surface area contributed by atoms with Crippen LogP contribution in [0.2, 0.25) is 0 Å². The SMILES string of the molecule is CN[C@@H](C(=O)O)C1C(Cc2ccccc2)N(Cc2ccccc2)C(=O)[C@@H]1CC(C)=O. The summed E-state index contributed by atoms with van der Waals surface area (Å²) in [6.45, 7) is 1.84. The molecule has 4 atom stereocenters. The van der Waals surface area contributed by atoms with Crippen molar-refractivity contribution in [3.63, 3.8) is 0 Å². The zero-order chi connectivity index (χ0) is 21.7. The monoisotopic (exact) mass is 408 g/mol. The third-order valence-electron chi connectivity index (χ3n) is 5.86. The van der Waals surface area contributed by atoms with Crippen molar-refractivity contribution in [1.82, 2.24) is 10.2 Å². The van der Waals surface area contributed by atoms with Gasteiger partial charge >= 0.3 is 5.97 Å². The van der Waals surface area contributed by atoms with Gasteiger partial charge in [0.1, 0.15) is 11.8 Å². The summed E-state index contributed by atoms with van der Waals surface area (Å²) in [6, 6.07) is 18.1. The molecular formula is C24H28N2O4. The average molecular weight is 408 g/mol. The first-order valence-corrected chi connectivity index (χ1v) is 10.2. The number of Topliss-reactive ketones (excluding diaryl/α,β-unsaturated/α-hetero) is 1. The van der Waals surface area contributed by atoms with Crippen LogP contribution >= 0.6 is 0 Å². The second kappa shape index (κ2) is 9.67. The molecule has 1 aliphatic rings. The highest BCUT2D eigenvalue weighted by Crippen LogP contribution is 2.39. The largest absolute Gasteiger partial charge is 0.480 e. The normalized spacial score (nSPS) is 22.1. The highest BCUT2D eigenvalue weighted by molar-refractivity contribution is 5.89. The number of ketones is 1. The predicted octanol–water partition coefficient (Wildman–Crippen LogP) is 2.52. The Bertz CT molecular complexity index is 885. The van der Waals surface area contributed by atoms with Crippen LogP contribution in [0.3, 0.4) is 0 Å². The van der Waals surface area contributed by atoms with Crippen molar-refractivity contribution in [2.75, 3.05) is 7.05 Å². The fourth-order valence-corrected chi connectivity index (χ4v) is 4.56. The third kappa shape index (κ3) is 4.76. The van der Waals surface area contributed by atoms with E-state index in [1.165, 1.54) is 6.92 Å². The summed E-state index contributed by atoms with van der Waals surface area (Å²) in [5.41, 5.74) is 2.00. The Morgan fingerprint density at radius 1 is 1.03 bits per heavy atom. The minimum Gasteiger partial charge on any atom is -0.480 e. The van der Waals surface area contributed by atoms with E-state index in [1.807, 2.05) is 60.7 Å². The van der Waals surface area contributed by atoms with E-state index in [9.17, 15) is 19.5 Å². The Morgan fingerprint density at radius 3 is 2.10 bits per heavy atom. The minimum absolute atomic E-state index is 0.0472. The number of carbonyl (C=O) groups excluding carboxylic acids is 2. The van der Waals surface area contributed by atoms with Crippen molar-refractivity contribution in [2.24, 2.45) is 11.8 Å². The lowest BCUT2D eigenvalue weighted by Gasteiger charge is -2.32. The number of hydrogen-bond acceptors (Lipinski definition) is 4. The van der Waals surface area contributed by atoms with Crippen molar-refractivity contribution in [1.29, 1.82) is 0 Å². The summed E-state index contributed by atoms with van der Waals surface area (Å²) in [5, 5.41) is 12.7. The van der Waals surface area contributed by atoms with Crippen molar-refractivity contribution in [2.45, 2.75) is 38.4 Å². The number of likely N-dealkylation sites (N-methyl/N-ethyl adjacent to an activating group) is 1. The van der Waals surface area contributed by atoms with Gasteiger partial charge in [0.15, 0.2) is 0 Å². The molecule has 2 N–H and O–H groups in total. The first kappa shape index (κ1) is 21.7. The van der Waals surface area contributed by atoms with Crippen LogP contribution in [0.25, 0.3) is 0 Å². The van der Waals surface area contributed by atoms with E-state index in [0.29, 0.717) is 13.0 Å². The highest BCUT2D eigenvalue weighted by Gasteiger charge is 2.52. The summed E-state index contributed by atoms with van der Waals surface area (Å²) in [4.78, 5) is 39.2. The van der Waals surface area contributed by atoms with Crippen LogP contribution in [0.15, 0.2) is 60.7 Å². The predicted molar refractivity (Wildman–Crippen MR) is 114 cm³/mol. The van der Waals surface area contributed by atoms with E-state index in [1.54, 1.807) is 11.9 Å². The second-order valence-electron chi connectivity index (χ2n) is 7.90. The smallest absolute Gasteiger partial charge is 0.321 e. The van der Waals surface area contributed by atoms with E-state index in [0.717, 1.165) is 11.1 Å². The highest BCUT2D eigenvalue weighted by atomic mass is 16.4. The number of amides is 1. The topological polar surface area (TPSA) is 86.7 Å². The van der Waals surface area contributed by atoms with Gasteiger partial charge in [-0.3, -0.25) is 9.59 Å². The van der Waals surface area contributed by atoms with Gasteiger partial charge in [0.25, 0.3) is 0 Å². The molecule has 0 aliphatic carbocycles.